The fraction of sp³-hybridized carbons (Fsp3) is 0.188. The number of non-ortho nitro benzene ring substituents is 1. The van der Waals surface area contributed by atoms with Crippen molar-refractivity contribution in [2.45, 2.75) is 13.8 Å². The maximum Gasteiger partial charge on any atom is 0.321 e. The van der Waals surface area contributed by atoms with Crippen LogP contribution in [0.5, 0.6) is 5.75 Å². The number of nitro groups is 1. The van der Waals surface area contributed by atoms with Gasteiger partial charge in [-0.05, 0) is 43.2 Å². The van der Waals surface area contributed by atoms with E-state index in [0.717, 1.165) is 11.1 Å². The standard InChI is InChI=1S/C16H16ClN3O4/c1-10-3-5-13(7-11(10)2)24-9-18-16(21)19-15-8-12(20(22)23)4-6-14(15)17/h3-8H,9H2,1-2H3,(H2,18,19,21). The Balaban J connectivity index is 1.90. The first-order valence-electron chi connectivity index (χ1n) is 7.05. The van der Waals surface area contributed by atoms with Gasteiger partial charge in [0.25, 0.3) is 5.69 Å². The first-order valence-corrected chi connectivity index (χ1v) is 7.43. The number of carbonyl (C=O) groups excluding carboxylic acids is 1. The van der Waals surface area contributed by atoms with Crippen molar-refractivity contribution in [2.75, 3.05) is 12.0 Å². The summed E-state index contributed by atoms with van der Waals surface area (Å²) in [6, 6.07) is 8.81. The molecule has 24 heavy (non-hydrogen) atoms. The average molecular weight is 350 g/mol. The van der Waals surface area contributed by atoms with E-state index >= 15 is 0 Å². The van der Waals surface area contributed by atoms with Crippen LogP contribution < -0.4 is 15.4 Å². The Bertz CT molecular complexity index is 780. The number of nitrogens with zero attached hydrogens (tertiary/aromatic N) is 1. The monoisotopic (exact) mass is 349 g/mol. The number of benzene rings is 2. The second kappa shape index (κ2) is 7.65. The Morgan fingerprint density at radius 1 is 1.21 bits per heavy atom. The number of hydrogen-bond donors (Lipinski definition) is 2. The van der Waals surface area contributed by atoms with Crippen LogP contribution in [-0.4, -0.2) is 17.7 Å². The Hall–Kier alpha value is -2.80. The van der Waals surface area contributed by atoms with Crippen molar-refractivity contribution in [1.29, 1.82) is 0 Å². The van der Waals surface area contributed by atoms with E-state index in [1.807, 2.05) is 26.0 Å². The van der Waals surface area contributed by atoms with Crippen LogP contribution in [0.1, 0.15) is 11.1 Å². The SMILES string of the molecule is Cc1ccc(OCNC(=O)Nc2cc([N+](=O)[O-])ccc2Cl)cc1C. The molecule has 0 aromatic heterocycles. The summed E-state index contributed by atoms with van der Waals surface area (Å²) in [6.07, 6.45) is 0. The van der Waals surface area contributed by atoms with Gasteiger partial charge in [0.1, 0.15) is 5.75 Å². The van der Waals surface area contributed by atoms with Crippen molar-refractivity contribution < 1.29 is 14.5 Å². The van der Waals surface area contributed by atoms with Crippen LogP contribution in [0.3, 0.4) is 0 Å². The molecule has 0 aliphatic heterocycles. The molecule has 0 spiro atoms. The summed E-state index contributed by atoms with van der Waals surface area (Å²) in [7, 11) is 0. The van der Waals surface area contributed by atoms with Gasteiger partial charge >= 0.3 is 6.03 Å². The highest BCUT2D eigenvalue weighted by Gasteiger charge is 2.12. The molecule has 8 heteroatoms. The number of rotatable bonds is 5. The third-order valence-corrected chi connectivity index (χ3v) is 3.69. The van der Waals surface area contributed by atoms with Crippen LogP contribution in [0.15, 0.2) is 36.4 Å². The third kappa shape index (κ3) is 4.60. The first kappa shape index (κ1) is 17.6. The van der Waals surface area contributed by atoms with Crippen molar-refractivity contribution >= 4 is 29.0 Å². The Kier molecular flexibility index (Phi) is 5.59. The third-order valence-electron chi connectivity index (χ3n) is 3.36. The number of ether oxygens (including phenoxy) is 1. The molecule has 0 radical (unpaired) electrons. The van der Waals surface area contributed by atoms with Gasteiger partial charge in [0.15, 0.2) is 6.73 Å². The van der Waals surface area contributed by atoms with Gasteiger partial charge in [-0.15, -0.1) is 0 Å². The van der Waals surface area contributed by atoms with E-state index in [4.69, 9.17) is 16.3 Å². The molecule has 0 saturated carbocycles. The lowest BCUT2D eigenvalue weighted by atomic mass is 10.1. The maximum absolute atomic E-state index is 11.8. The van der Waals surface area contributed by atoms with Crippen LogP contribution in [0, 0.1) is 24.0 Å². The molecule has 0 aliphatic rings. The largest absolute Gasteiger partial charge is 0.473 e. The molecular weight excluding hydrogens is 334 g/mol. The number of nitrogens with one attached hydrogen (secondary N) is 2. The number of urea groups is 1. The zero-order valence-corrected chi connectivity index (χ0v) is 13.9. The quantitative estimate of drug-likeness (QED) is 0.484. The minimum absolute atomic E-state index is 0.0547. The van der Waals surface area contributed by atoms with Crippen molar-refractivity contribution in [1.82, 2.24) is 5.32 Å². The number of nitro benzene ring substituents is 1. The number of halogens is 1. The fourth-order valence-corrected chi connectivity index (χ4v) is 2.04. The normalized spacial score (nSPS) is 10.1. The Morgan fingerprint density at radius 3 is 2.62 bits per heavy atom. The van der Waals surface area contributed by atoms with E-state index < -0.39 is 11.0 Å². The number of aryl methyl sites for hydroxylation is 2. The van der Waals surface area contributed by atoms with E-state index in [1.54, 1.807) is 6.07 Å². The smallest absolute Gasteiger partial charge is 0.321 e. The number of anilines is 1. The maximum atomic E-state index is 11.8. The minimum atomic E-state index is -0.582. The molecular formula is C16H16ClN3O4. The lowest BCUT2D eigenvalue weighted by Gasteiger charge is -2.11. The summed E-state index contributed by atoms with van der Waals surface area (Å²) in [4.78, 5) is 22.0. The van der Waals surface area contributed by atoms with Crippen molar-refractivity contribution in [3.8, 4) is 5.75 Å². The van der Waals surface area contributed by atoms with Crippen LogP contribution in [0.4, 0.5) is 16.2 Å². The summed E-state index contributed by atoms with van der Waals surface area (Å²) in [5.41, 5.74) is 2.21. The topological polar surface area (TPSA) is 93.5 Å². The lowest BCUT2D eigenvalue weighted by molar-refractivity contribution is -0.384. The van der Waals surface area contributed by atoms with Gasteiger partial charge in [-0.1, -0.05) is 17.7 Å². The zero-order chi connectivity index (χ0) is 17.7. The number of carbonyl (C=O) groups is 1. The highest BCUT2D eigenvalue weighted by atomic mass is 35.5. The molecule has 2 N–H and O–H groups in total. The van der Waals surface area contributed by atoms with Crippen LogP contribution >= 0.6 is 11.6 Å². The molecule has 0 bridgehead atoms. The molecule has 2 rings (SSSR count). The van der Waals surface area contributed by atoms with Gasteiger partial charge < -0.3 is 15.4 Å². The summed E-state index contributed by atoms with van der Waals surface area (Å²) in [6.45, 7) is 3.90. The van der Waals surface area contributed by atoms with Crippen LogP contribution in [0.2, 0.25) is 5.02 Å². The predicted molar refractivity (Wildman–Crippen MR) is 91.7 cm³/mol. The molecule has 2 aromatic carbocycles. The van der Waals surface area contributed by atoms with Gasteiger partial charge in [-0.25, -0.2) is 4.79 Å². The van der Waals surface area contributed by atoms with Gasteiger partial charge in [-0.2, -0.15) is 0 Å². The highest BCUT2D eigenvalue weighted by Crippen LogP contribution is 2.26. The Morgan fingerprint density at radius 2 is 1.96 bits per heavy atom. The molecule has 0 unspecified atom stereocenters. The first-order chi connectivity index (χ1) is 11.4. The predicted octanol–water partition coefficient (Wildman–Crippen LogP) is 4.02. The number of hydrogen-bond acceptors (Lipinski definition) is 4. The summed E-state index contributed by atoms with van der Waals surface area (Å²) in [5.74, 6) is 0.631. The van der Waals surface area contributed by atoms with Crippen molar-refractivity contribution in [3.05, 3.63) is 62.7 Å². The molecule has 0 saturated heterocycles. The molecule has 0 aliphatic carbocycles. The van der Waals surface area contributed by atoms with Gasteiger partial charge in [0.2, 0.25) is 0 Å². The fourth-order valence-electron chi connectivity index (χ4n) is 1.88. The Labute approximate surface area is 143 Å². The van der Waals surface area contributed by atoms with E-state index in [0.29, 0.717) is 5.75 Å². The molecule has 0 heterocycles. The van der Waals surface area contributed by atoms with Crippen LogP contribution in [0.25, 0.3) is 0 Å². The van der Waals surface area contributed by atoms with Crippen molar-refractivity contribution in [2.24, 2.45) is 0 Å². The van der Waals surface area contributed by atoms with Crippen molar-refractivity contribution in [3.63, 3.8) is 0 Å². The van der Waals surface area contributed by atoms with Gasteiger partial charge in [0.05, 0.1) is 15.6 Å². The van der Waals surface area contributed by atoms with E-state index in [9.17, 15) is 14.9 Å². The van der Waals surface area contributed by atoms with Gasteiger partial charge in [-0.3, -0.25) is 10.1 Å². The number of amides is 2. The zero-order valence-electron chi connectivity index (χ0n) is 13.1. The molecule has 7 nitrogen and oxygen atoms in total. The molecule has 0 fully saturated rings. The summed E-state index contributed by atoms with van der Waals surface area (Å²) < 4.78 is 5.43. The lowest BCUT2D eigenvalue weighted by Crippen LogP contribution is -2.32. The second-order valence-electron chi connectivity index (χ2n) is 5.09. The molecule has 2 aromatic rings. The second-order valence-corrected chi connectivity index (χ2v) is 5.49. The molecule has 0 atom stereocenters. The summed E-state index contributed by atoms with van der Waals surface area (Å²) >= 11 is 5.91. The van der Waals surface area contributed by atoms with Gasteiger partial charge in [0, 0.05) is 12.1 Å². The van der Waals surface area contributed by atoms with E-state index in [2.05, 4.69) is 10.6 Å². The minimum Gasteiger partial charge on any atom is -0.473 e. The van der Waals surface area contributed by atoms with E-state index in [1.165, 1.54) is 18.2 Å². The van der Waals surface area contributed by atoms with Crippen LogP contribution in [-0.2, 0) is 0 Å². The average Bonchev–Trinajstić information content (AvgIpc) is 2.52. The summed E-state index contributed by atoms with van der Waals surface area (Å²) in [5, 5.41) is 15.9. The molecule has 2 amide bonds. The highest BCUT2D eigenvalue weighted by molar-refractivity contribution is 6.33. The van der Waals surface area contributed by atoms with E-state index in [-0.39, 0.29) is 23.1 Å². The molecule has 126 valence electrons.